The summed E-state index contributed by atoms with van der Waals surface area (Å²) in [6.45, 7) is 3.85. The van der Waals surface area contributed by atoms with Gasteiger partial charge < -0.3 is 9.64 Å². The van der Waals surface area contributed by atoms with E-state index in [1.165, 1.54) is 0 Å². The highest BCUT2D eigenvalue weighted by molar-refractivity contribution is 5.72. The lowest BCUT2D eigenvalue weighted by molar-refractivity contribution is -0.148. The van der Waals surface area contributed by atoms with E-state index >= 15 is 0 Å². The number of anilines is 1. The molecule has 0 atom stereocenters. The van der Waals surface area contributed by atoms with Gasteiger partial charge >= 0.3 is 5.97 Å². The van der Waals surface area contributed by atoms with Crippen LogP contribution in [0.15, 0.2) is 55.0 Å². The highest BCUT2D eigenvalue weighted by Crippen LogP contribution is 2.25. The maximum absolute atomic E-state index is 11.9. The normalized spacial score (nSPS) is 14.8. The molecule has 0 radical (unpaired) electrons. The van der Waals surface area contributed by atoms with Crippen LogP contribution < -0.4 is 4.90 Å². The van der Waals surface area contributed by atoms with Crippen LogP contribution in [0, 0.1) is 5.92 Å². The first-order valence-corrected chi connectivity index (χ1v) is 9.59. The lowest BCUT2D eigenvalue weighted by Crippen LogP contribution is -2.37. The van der Waals surface area contributed by atoms with Gasteiger partial charge in [0.2, 0.25) is 0 Å². The molecule has 1 aliphatic rings. The molecule has 0 unspecified atom stereocenters. The first-order chi connectivity index (χ1) is 13.7. The van der Waals surface area contributed by atoms with Gasteiger partial charge in [-0.1, -0.05) is 12.1 Å². The predicted molar refractivity (Wildman–Crippen MR) is 106 cm³/mol. The van der Waals surface area contributed by atoms with Gasteiger partial charge in [-0.05, 0) is 44.0 Å². The minimum absolute atomic E-state index is 0.0109. The summed E-state index contributed by atoms with van der Waals surface area (Å²) >= 11 is 0. The number of carbonyl (C=O) groups excluding carboxylic acids is 1. The van der Waals surface area contributed by atoms with Gasteiger partial charge in [0.05, 0.1) is 18.2 Å². The van der Waals surface area contributed by atoms with Gasteiger partial charge in [-0.3, -0.25) is 4.79 Å². The third-order valence-electron chi connectivity index (χ3n) is 4.95. The van der Waals surface area contributed by atoms with Crippen molar-refractivity contribution < 1.29 is 9.53 Å². The van der Waals surface area contributed by atoms with Crippen molar-refractivity contribution in [3.05, 3.63) is 55.0 Å². The molecule has 28 heavy (non-hydrogen) atoms. The van der Waals surface area contributed by atoms with Crippen LogP contribution in [-0.2, 0) is 9.53 Å². The minimum atomic E-state index is -0.0824. The van der Waals surface area contributed by atoms with E-state index in [4.69, 9.17) is 9.72 Å². The average Bonchev–Trinajstić information content (AvgIpc) is 3.29. The second-order valence-electron chi connectivity index (χ2n) is 6.75. The molecule has 0 aliphatic carbocycles. The van der Waals surface area contributed by atoms with Crippen LogP contribution >= 0.6 is 0 Å². The first-order valence-electron chi connectivity index (χ1n) is 9.59. The van der Waals surface area contributed by atoms with Crippen molar-refractivity contribution in [1.29, 1.82) is 0 Å². The SMILES string of the molecule is CCOC(=O)C1CCN(c2ccnc(-c3cccc(-n4cccn4)c3)n2)CC1. The molecule has 7 heteroatoms. The number of carbonyl (C=O) groups is 1. The number of rotatable bonds is 5. The largest absolute Gasteiger partial charge is 0.466 e. The maximum atomic E-state index is 11.9. The van der Waals surface area contributed by atoms with Crippen molar-refractivity contribution >= 4 is 11.8 Å². The zero-order valence-electron chi connectivity index (χ0n) is 15.9. The van der Waals surface area contributed by atoms with Crippen LogP contribution in [0.2, 0.25) is 0 Å². The fraction of sp³-hybridized carbons (Fsp3) is 0.333. The molecule has 0 amide bonds. The summed E-state index contributed by atoms with van der Waals surface area (Å²) in [6, 6.07) is 11.8. The zero-order chi connectivity index (χ0) is 19.3. The molecular weight excluding hydrogens is 354 g/mol. The van der Waals surface area contributed by atoms with E-state index in [2.05, 4.69) is 15.0 Å². The Morgan fingerprint density at radius 3 is 2.79 bits per heavy atom. The van der Waals surface area contributed by atoms with Gasteiger partial charge in [-0.25, -0.2) is 14.6 Å². The Balaban J connectivity index is 1.50. The van der Waals surface area contributed by atoms with Crippen LogP contribution in [0.5, 0.6) is 0 Å². The molecule has 144 valence electrons. The Labute approximate surface area is 164 Å². The van der Waals surface area contributed by atoms with Crippen molar-refractivity contribution in [2.45, 2.75) is 19.8 Å². The predicted octanol–water partition coefficient (Wildman–Crippen LogP) is 3.11. The highest BCUT2D eigenvalue weighted by atomic mass is 16.5. The first kappa shape index (κ1) is 18.2. The Hall–Kier alpha value is -3.22. The number of benzene rings is 1. The fourth-order valence-electron chi connectivity index (χ4n) is 3.48. The lowest BCUT2D eigenvalue weighted by Gasteiger charge is -2.31. The number of ether oxygens (including phenoxy) is 1. The van der Waals surface area contributed by atoms with Gasteiger partial charge in [0.25, 0.3) is 0 Å². The van der Waals surface area contributed by atoms with Crippen molar-refractivity contribution in [1.82, 2.24) is 19.7 Å². The van der Waals surface area contributed by atoms with Crippen LogP contribution in [0.4, 0.5) is 5.82 Å². The van der Waals surface area contributed by atoms with E-state index in [1.807, 2.05) is 54.2 Å². The molecule has 3 aromatic rings. The fourth-order valence-corrected chi connectivity index (χ4v) is 3.48. The Bertz CT molecular complexity index is 933. The lowest BCUT2D eigenvalue weighted by atomic mass is 9.97. The molecule has 1 aliphatic heterocycles. The molecule has 1 fully saturated rings. The molecule has 1 aromatic carbocycles. The van der Waals surface area contributed by atoms with Crippen molar-refractivity contribution in [3.8, 4) is 17.1 Å². The van der Waals surface area contributed by atoms with E-state index in [-0.39, 0.29) is 11.9 Å². The van der Waals surface area contributed by atoms with Crippen molar-refractivity contribution in [2.24, 2.45) is 5.92 Å². The molecule has 0 N–H and O–H groups in total. The quantitative estimate of drug-likeness (QED) is 0.636. The molecular formula is C21H23N5O2. The van der Waals surface area contributed by atoms with Gasteiger partial charge in [-0.15, -0.1) is 0 Å². The van der Waals surface area contributed by atoms with Crippen molar-refractivity contribution in [2.75, 3.05) is 24.6 Å². The molecule has 7 nitrogen and oxygen atoms in total. The molecule has 4 rings (SSSR count). The van der Waals surface area contributed by atoms with E-state index in [0.29, 0.717) is 12.4 Å². The van der Waals surface area contributed by atoms with E-state index in [1.54, 1.807) is 12.4 Å². The second-order valence-corrected chi connectivity index (χ2v) is 6.75. The average molecular weight is 377 g/mol. The summed E-state index contributed by atoms with van der Waals surface area (Å²) in [5.41, 5.74) is 1.91. The van der Waals surface area contributed by atoms with E-state index in [0.717, 1.165) is 43.0 Å². The summed E-state index contributed by atoms with van der Waals surface area (Å²) in [5, 5.41) is 4.28. The van der Waals surface area contributed by atoms with Gasteiger partial charge in [0.15, 0.2) is 5.82 Å². The summed E-state index contributed by atoms with van der Waals surface area (Å²) in [6.07, 6.45) is 7.02. The third kappa shape index (κ3) is 3.88. The number of aromatic nitrogens is 4. The Morgan fingerprint density at radius 1 is 1.18 bits per heavy atom. The number of piperidine rings is 1. The number of hydrogen-bond donors (Lipinski definition) is 0. The van der Waals surface area contributed by atoms with Crippen LogP contribution in [0.25, 0.3) is 17.1 Å². The van der Waals surface area contributed by atoms with E-state index < -0.39 is 0 Å². The minimum Gasteiger partial charge on any atom is -0.466 e. The summed E-state index contributed by atoms with van der Waals surface area (Å²) in [5.74, 6) is 1.47. The summed E-state index contributed by atoms with van der Waals surface area (Å²) in [4.78, 5) is 23.4. The third-order valence-corrected chi connectivity index (χ3v) is 4.95. The monoisotopic (exact) mass is 377 g/mol. The smallest absolute Gasteiger partial charge is 0.309 e. The van der Waals surface area contributed by atoms with Crippen molar-refractivity contribution in [3.63, 3.8) is 0 Å². The summed E-state index contributed by atoms with van der Waals surface area (Å²) in [7, 11) is 0. The molecule has 0 bridgehead atoms. The zero-order valence-corrected chi connectivity index (χ0v) is 15.9. The van der Waals surface area contributed by atoms with Gasteiger partial charge in [0.1, 0.15) is 5.82 Å². The number of esters is 1. The second kappa shape index (κ2) is 8.21. The Kier molecular flexibility index (Phi) is 5.32. The summed E-state index contributed by atoms with van der Waals surface area (Å²) < 4.78 is 6.96. The Morgan fingerprint density at radius 2 is 2.04 bits per heavy atom. The van der Waals surface area contributed by atoms with Crippen LogP contribution in [0.1, 0.15) is 19.8 Å². The molecule has 2 aromatic heterocycles. The molecule has 1 saturated heterocycles. The molecule has 0 saturated carbocycles. The van der Waals surface area contributed by atoms with Gasteiger partial charge in [-0.2, -0.15) is 5.10 Å². The van der Waals surface area contributed by atoms with Crippen LogP contribution in [0.3, 0.4) is 0 Å². The van der Waals surface area contributed by atoms with E-state index in [9.17, 15) is 4.79 Å². The van der Waals surface area contributed by atoms with Gasteiger partial charge in [0, 0.05) is 37.2 Å². The van der Waals surface area contributed by atoms with Crippen LogP contribution in [-0.4, -0.2) is 45.4 Å². The highest BCUT2D eigenvalue weighted by Gasteiger charge is 2.26. The molecule has 0 spiro atoms. The molecule has 3 heterocycles. The standard InChI is InChI=1S/C21H23N5O2/c1-2-28-21(27)16-8-13-25(14-9-16)19-7-11-22-20(24-19)17-5-3-6-18(15-17)26-12-4-10-23-26/h3-7,10-12,15-16H,2,8-9,13-14H2,1H3. The number of nitrogens with zero attached hydrogens (tertiary/aromatic N) is 5. The maximum Gasteiger partial charge on any atom is 0.309 e. The number of hydrogen-bond acceptors (Lipinski definition) is 6. The topological polar surface area (TPSA) is 73.1 Å².